The van der Waals surface area contributed by atoms with Gasteiger partial charge in [-0.05, 0) is 23.8 Å². The summed E-state index contributed by atoms with van der Waals surface area (Å²) in [5, 5.41) is 13.8. The molecule has 1 N–H and O–H groups in total. The fourth-order valence-corrected chi connectivity index (χ4v) is 2.92. The van der Waals surface area contributed by atoms with Gasteiger partial charge in [0.25, 0.3) is 11.6 Å². The summed E-state index contributed by atoms with van der Waals surface area (Å²) in [6, 6.07) is 11.9. The van der Waals surface area contributed by atoms with E-state index < -0.39 is 4.92 Å². The van der Waals surface area contributed by atoms with E-state index in [4.69, 9.17) is 0 Å². The van der Waals surface area contributed by atoms with Crippen LogP contribution in [0, 0.1) is 10.1 Å². The zero-order valence-corrected chi connectivity index (χ0v) is 12.7. The number of carbonyl (C=O) groups is 1. The number of nitro benzene ring substituents is 1. The topological polar surface area (TPSA) is 72.2 Å². The fraction of sp³-hybridized carbons (Fsp3) is 0.0625. The van der Waals surface area contributed by atoms with Gasteiger partial charge in [0.05, 0.1) is 15.4 Å². The highest BCUT2D eigenvalue weighted by atomic mass is 32.2. The Morgan fingerprint density at radius 3 is 2.64 bits per heavy atom. The molecule has 5 nitrogen and oxygen atoms in total. The summed E-state index contributed by atoms with van der Waals surface area (Å²) in [5.41, 5.74) is 1.15. The molecule has 2 aromatic carbocycles. The smallest absolute Gasteiger partial charge is 0.283 e. The van der Waals surface area contributed by atoms with E-state index in [1.54, 1.807) is 49.5 Å². The summed E-state index contributed by atoms with van der Waals surface area (Å²) < 4.78 is 0. The first-order valence-electron chi connectivity index (χ1n) is 6.46. The minimum atomic E-state index is -0.433. The summed E-state index contributed by atoms with van der Waals surface area (Å²) in [4.78, 5) is 23.8. The molecule has 0 spiro atoms. The summed E-state index contributed by atoms with van der Waals surface area (Å²) in [6.45, 7) is 3.61. The molecule has 6 heteroatoms. The number of hydrogen-bond acceptors (Lipinski definition) is 4. The van der Waals surface area contributed by atoms with Gasteiger partial charge in [-0.3, -0.25) is 14.9 Å². The number of nitrogens with zero attached hydrogens (tertiary/aromatic N) is 1. The van der Waals surface area contributed by atoms with Crippen molar-refractivity contribution in [3.8, 4) is 0 Å². The molecule has 0 heterocycles. The molecule has 1 amide bonds. The third kappa shape index (κ3) is 3.35. The van der Waals surface area contributed by atoms with Crippen LogP contribution in [0.3, 0.4) is 0 Å². The molecule has 112 valence electrons. The Bertz CT molecular complexity index is 744. The summed E-state index contributed by atoms with van der Waals surface area (Å²) in [7, 11) is 1.55. The number of hydrogen-bond donors (Lipinski definition) is 1. The average molecular weight is 314 g/mol. The summed E-state index contributed by atoms with van der Waals surface area (Å²) in [6.07, 6.45) is 1.56. The van der Waals surface area contributed by atoms with Crippen LogP contribution in [0.25, 0.3) is 6.08 Å². The molecule has 0 saturated heterocycles. The molecule has 2 aromatic rings. The molecule has 0 bridgehead atoms. The number of benzene rings is 2. The minimum absolute atomic E-state index is 0.00545. The highest BCUT2D eigenvalue weighted by molar-refractivity contribution is 7.99. The molecular weight excluding hydrogens is 300 g/mol. The second kappa shape index (κ2) is 6.91. The second-order valence-electron chi connectivity index (χ2n) is 4.37. The summed E-state index contributed by atoms with van der Waals surface area (Å²) >= 11 is 1.20. The van der Waals surface area contributed by atoms with Crippen LogP contribution in [0.2, 0.25) is 0 Å². The fourth-order valence-electron chi connectivity index (χ4n) is 1.89. The monoisotopic (exact) mass is 314 g/mol. The molecule has 0 aromatic heterocycles. The lowest BCUT2D eigenvalue weighted by Gasteiger charge is -2.08. The van der Waals surface area contributed by atoms with Gasteiger partial charge in [0.2, 0.25) is 0 Å². The van der Waals surface area contributed by atoms with Crippen LogP contribution in [0.15, 0.2) is 58.8 Å². The van der Waals surface area contributed by atoms with Gasteiger partial charge < -0.3 is 5.32 Å². The Labute approximate surface area is 132 Å². The van der Waals surface area contributed by atoms with Gasteiger partial charge >= 0.3 is 0 Å². The quantitative estimate of drug-likeness (QED) is 0.674. The molecular formula is C16H14N2O3S. The Kier molecular flexibility index (Phi) is 4.95. The van der Waals surface area contributed by atoms with E-state index in [0.29, 0.717) is 20.9 Å². The van der Waals surface area contributed by atoms with Crippen molar-refractivity contribution in [2.75, 3.05) is 7.05 Å². The predicted molar refractivity (Wildman–Crippen MR) is 87.1 cm³/mol. The number of nitrogens with one attached hydrogen (secondary N) is 1. The normalized spacial score (nSPS) is 10.0. The van der Waals surface area contributed by atoms with Crippen molar-refractivity contribution >= 4 is 29.4 Å². The molecule has 0 aliphatic carbocycles. The van der Waals surface area contributed by atoms with E-state index in [9.17, 15) is 14.9 Å². The molecule has 0 unspecified atom stereocenters. The maximum atomic E-state index is 11.9. The molecule has 0 atom stereocenters. The van der Waals surface area contributed by atoms with Crippen LogP contribution < -0.4 is 5.32 Å². The number of amides is 1. The van der Waals surface area contributed by atoms with Crippen LogP contribution in [-0.2, 0) is 0 Å². The van der Waals surface area contributed by atoms with Crippen LogP contribution in [0.1, 0.15) is 15.9 Å². The van der Waals surface area contributed by atoms with Gasteiger partial charge in [0, 0.05) is 18.0 Å². The van der Waals surface area contributed by atoms with Gasteiger partial charge in [0.1, 0.15) is 0 Å². The largest absolute Gasteiger partial charge is 0.355 e. The molecule has 0 radical (unpaired) electrons. The minimum Gasteiger partial charge on any atom is -0.355 e. The molecule has 0 aliphatic rings. The standard InChI is InChI=1S/C16H14N2O3S/c1-3-11-8-9-15(13(10-11)18(20)21)22-14-7-5-4-6-12(14)16(19)17-2/h3-10H,1H2,2H3,(H,17,19). The van der Waals surface area contributed by atoms with Crippen LogP contribution >= 0.6 is 11.8 Å². The molecule has 22 heavy (non-hydrogen) atoms. The van der Waals surface area contributed by atoms with E-state index in [1.807, 2.05) is 0 Å². The Morgan fingerprint density at radius 1 is 1.27 bits per heavy atom. The lowest BCUT2D eigenvalue weighted by Crippen LogP contribution is -2.18. The third-order valence-electron chi connectivity index (χ3n) is 2.99. The second-order valence-corrected chi connectivity index (χ2v) is 5.45. The highest BCUT2D eigenvalue weighted by Crippen LogP contribution is 2.37. The average Bonchev–Trinajstić information content (AvgIpc) is 2.54. The van der Waals surface area contributed by atoms with Crippen molar-refractivity contribution in [3.05, 3.63) is 70.3 Å². The van der Waals surface area contributed by atoms with E-state index in [1.165, 1.54) is 17.8 Å². The van der Waals surface area contributed by atoms with Gasteiger partial charge in [-0.2, -0.15) is 0 Å². The van der Waals surface area contributed by atoms with Crippen molar-refractivity contribution in [1.82, 2.24) is 5.32 Å². The lowest BCUT2D eigenvalue weighted by molar-refractivity contribution is -0.387. The molecule has 2 rings (SSSR count). The van der Waals surface area contributed by atoms with Crippen molar-refractivity contribution in [1.29, 1.82) is 0 Å². The van der Waals surface area contributed by atoms with E-state index in [2.05, 4.69) is 11.9 Å². The van der Waals surface area contributed by atoms with Gasteiger partial charge in [-0.15, -0.1) is 0 Å². The maximum Gasteiger partial charge on any atom is 0.283 e. The predicted octanol–water partition coefficient (Wildman–Crippen LogP) is 3.75. The SMILES string of the molecule is C=Cc1ccc(Sc2ccccc2C(=O)NC)c([N+](=O)[O-])c1. The Hall–Kier alpha value is -2.60. The van der Waals surface area contributed by atoms with Crippen LogP contribution in [0.5, 0.6) is 0 Å². The van der Waals surface area contributed by atoms with Crippen molar-refractivity contribution in [2.45, 2.75) is 9.79 Å². The first-order valence-corrected chi connectivity index (χ1v) is 7.28. The molecule has 0 saturated carbocycles. The number of nitro groups is 1. The van der Waals surface area contributed by atoms with Crippen LogP contribution in [-0.4, -0.2) is 17.9 Å². The lowest BCUT2D eigenvalue weighted by atomic mass is 10.2. The van der Waals surface area contributed by atoms with Crippen molar-refractivity contribution in [2.24, 2.45) is 0 Å². The molecule has 0 aliphatic heterocycles. The maximum absolute atomic E-state index is 11.9. The van der Waals surface area contributed by atoms with E-state index in [0.717, 1.165) is 0 Å². The number of carbonyl (C=O) groups excluding carboxylic acids is 1. The van der Waals surface area contributed by atoms with E-state index in [-0.39, 0.29) is 11.6 Å². The van der Waals surface area contributed by atoms with Gasteiger partial charge in [-0.1, -0.05) is 42.6 Å². The van der Waals surface area contributed by atoms with Crippen molar-refractivity contribution < 1.29 is 9.72 Å². The number of rotatable bonds is 5. The first kappa shape index (κ1) is 15.8. The zero-order chi connectivity index (χ0) is 16.1. The Morgan fingerprint density at radius 2 is 2.00 bits per heavy atom. The first-order chi connectivity index (χ1) is 10.6. The third-order valence-corrected chi connectivity index (χ3v) is 4.14. The highest BCUT2D eigenvalue weighted by Gasteiger charge is 2.18. The Balaban J connectivity index is 2.45. The van der Waals surface area contributed by atoms with E-state index >= 15 is 0 Å². The van der Waals surface area contributed by atoms with Gasteiger partial charge in [-0.25, -0.2) is 0 Å². The summed E-state index contributed by atoms with van der Waals surface area (Å²) in [5.74, 6) is -0.228. The van der Waals surface area contributed by atoms with Crippen LogP contribution in [0.4, 0.5) is 5.69 Å². The van der Waals surface area contributed by atoms with Crippen molar-refractivity contribution in [3.63, 3.8) is 0 Å². The molecule has 0 fully saturated rings. The van der Waals surface area contributed by atoms with Gasteiger partial charge in [0.15, 0.2) is 0 Å². The zero-order valence-electron chi connectivity index (χ0n) is 11.9.